The van der Waals surface area contributed by atoms with Crippen molar-refractivity contribution in [3.8, 4) is 6.07 Å². The summed E-state index contributed by atoms with van der Waals surface area (Å²) in [6.07, 6.45) is 1.74. The van der Waals surface area contributed by atoms with Crippen LogP contribution in [0.4, 0.5) is 0 Å². The Morgan fingerprint density at radius 1 is 1.56 bits per heavy atom. The minimum absolute atomic E-state index is 0.0744. The van der Waals surface area contributed by atoms with E-state index in [1.807, 2.05) is 0 Å². The highest BCUT2D eigenvalue weighted by atomic mass is 32.2. The summed E-state index contributed by atoms with van der Waals surface area (Å²) >= 11 is 0. The number of carbonyl (C=O) groups excluding carboxylic acids is 1. The summed E-state index contributed by atoms with van der Waals surface area (Å²) in [5, 5.41) is 8.76. The van der Waals surface area contributed by atoms with Crippen LogP contribution in [-0.4, -0.2) is 25.9 Å². The summed E-state index contributed by atoms with van der Waals surface area (Å²) in [5.74, 6) is -0.492. The molecule has 0 atom stereocenters. The highest BCUT2D eigenvalue weighted by Crippen LogP contribution is 2.11. The van der Waals surface area contributed by atoms with Gasteiger partial charge in [-0.3, -0.25) is 4.79 Å². The first-order valence-electron chi connectivity index (χ1n) is 5.10. The van der Waals surface area contributed by atoms with Gasteiger partial charge in [0.25, 0.3) is 0 Å². The van der Waals surface area contributed by atoms with Gasteiger partial charge in [-0.05, 0) is 18.6 Å². The molecular weight excluding hydrogens is 256 g/mol. The molecule has 1 aromatic rings. The van der Waals surface area contributed by atoms with Gasteiger partial charge in [-0.25, -0.2) is 18.1 Å². The van der Waals surface area contributed by atoms with Crippen LogP contribution in [0.3, 0.4) is 0 Å². The monoisotopic (exact) mass is 268 g/mol. The Labute approximate surface area is 105 Å². The summed E-state index contributed by atoms with van der Waals surface area (Å²) < 4.78 is 26.0. The molecule has 0 saturated carbocycles. The van der Waals surface area contributed by atoms with Crippen molar-refractivity contribution >= 4 is 15.9 Å². The van der Waals surface area contributed by atoms with Crippen LogP contribution in [0.25, 0.3) is 0 Å². The number of nitrogens with two attached hydrogens (primary N) is 1. The van der Waals surface area contributed by atoms with Gasteiger partial charge in [0, 0.05) is 19.2 Å². The highest BCUT2D eigenvalue weighted by molar-refractivity contribution is 7.89. The van der Waals surface area contributed by atoms with E-state index in [0.29, 0.717) is 6.42 Å². The predicted molar refractivity (Wildman–Crippen MR) is 62.6 cm³/mol. The number of nitrogens with zero attached hydrogens (tertiary/aromatic N) is 2. The number of hydrogen-bond donors (Lipinski definition) is 2. The van der Waals surface area contributed by atoms with Crippen LogP contribution in [0.15, 0.2) is 23.2 Å². The molecule has 0 bridgehead atoms. The van der Waals surface area contributed by atoms with Crippen molar-refractivity contribution in [2.75, 3.05) is 6.54 Å². The van der Waals surface area contributed by atoms with Gasteiger partial charge < -0.3 is 5.73 Å². The third-order valence-corrected chi connectivity index (χ3v) is 3.55. The van der Waals surface area contributed by atoms with E-state index in [4.69, 9.17) is 11.0 Å². The van der Waals surface area contributed by atoms with Gasteiger partial charge in [-0.1, -0.05) is 0 Å². The molecule has 1 aromatic heterocycles. The van der Waals surface area contributed by atoms with Gasteiger partial charge >= 0.3 is 0 Å². The van der Waals surface area contributed by atoms with Crippen molar-refractivity contribution in [2.45, 2.75) is 17.7 Å². The molecule has 0 spiro atoms. The predicted octanol–water partition coefficient (Wildman–Crippen LogP) is -0.503. The summed E-state index contributed by atoms with van der Waals surface area (Å²) in [6.45, 7) is 0.0744. The number of hydrogen-bond acceptors (Lipinski definition) is 5. The minimum Gasteiger partial charge on any atom is -0.370 e. The first-order valence-corrected chi connectivity index (χ1v) is 6.59. The molecule has 0 aliphatic carbocycles. The van der Waals surface area contributed by atoms with Gasteiger partial charge in [0.05, 0.1) is 0 Å². The van der Waals surface area contributed by atoms with E-state index in [-0.39, 0.29) is 23.6 Å². The van der Waals surface area contributed by atoms with Crippen LogP contribution >= 0.6 is 0 Å². The van der Waals surface area contributed by atoms with E-state index in [0.717, 1.165) is 0 Å². The quantitative estimate of drug-likeness (QED) is 0.672. The smallest absolute Gasteiger partial charge is 0.243 e. The lowest BCUT2D eigenvalue weighted by Crippen LogP contribution is -2.26. The molecule has 0 aliphatic heterocycles. The summed E-state index contributed by atoms with van der Waals surface area (Å²) in [7, 11) is -3.79. The van der Waals surface area contributed by atoms with E-state index in [1.165, 1.54) is 18.3 Å². The molecule has 0 unspecified atom stereocenters. The first kappa shape index (κ1) is 14.1. The molecule has 8 heteroatoms. The van der Waals surface area contributed by atoms with E-state index in [2.05, 4.69) is 9.71 Å². The van der Waals surface area contributed by atoms with Crippen LogP contribution in [0, 0.1) is 11.3 Å². The van der Waals surface area contributed by atoms with E-state index >= 15 is 0 Å². The number of primary amides is 1. The lowest BCUT2D eigenvalue weighted by atomic mass is 10.3. The van der Waals surface area contributed by atoms with Crippen molar-refractivity contribution in [1.82, 2.24) is 9.71 Å². The Morgan fingerprint density at radius 3 is 2.89 bits per heavy atom. The average molecular weight is 268 g/mol. The maximum atomic E-state index is 11.8. The molecule has 0 aliphatic rings. The third-order valence-electron chi connectivity index (χ3n) is 2.06. The topological polar surface area (TPSA) is 126 Å². The van der Waals surface area contributed by atoms with Gasteiger partial charge in [-0.15, -0.1) is 0 Å². The minimum atomic E-state index is -3.79. The average Bonchev–Trinajstić information content (AvgIpc) is 2.34. The fraction of sp³-hybridized carbons (Fsp3) is 0.300. The standard InChI is InChI=1S/C10H12N4O3S/c11-7-8-9(3-1-5-13-8)18(16,17)14-6-2-4-10(12)15/h1,3,5,14H,2,4,6H2,(H2,12,15). The van der Waals surface area contributed by atoms with E-state index < -0.39 is 15.9 Å². The second-order valence-electron chi connectivity index (χ2n) is 3.43. The van der Waals surface area contributed by atoms with Crippen LogP contribution < -0.4 is 10.5 Å². The fourth-order valence-corrected chi connectivity index (χ4v) is 2.42. The van der Waals surface area contributed by atoms with Crippen LogP contribution in [0.1, 0.15) is 18.5 Å². The molecule has 18 heavy (non-hydrogen) atoms. The molecule has 1 rings (SSSR count). The SMILES string of the molecule is N#Cc1ncccc1S(=O)(=O)NCCCC(N)=O. The molecule has 1 amide bonds. The highest BCUT2D eigenvalue weighted by Gasteiger charge is 2.18. The molecule has 96 valence electrons. The second kappa shape index (κ2) is 6.09. The number of carbonyl (C=O) groups is 1. The molecule has 1 heterocycles. The number of aromatic nitrogens is 1. The Hall–Kier alpha value is -1.98. The van der Waals surface area contributed by atoms with Crippen molar-refractivity contribution < 1.29 is 13.2 Å². The summed E-state index contributed by atoms with van der Waals surface area (Å²) in [4.78, 5) is 14.0. The Balaban J connectivity index is 2.75. The van der Waals surface area contributed by atoms with Crippen LogP contribution in [0.5, 0.6) is 0 Å². The number of rotatable bonds is 6. The molecule has 3 N–H and O–H groups in total. The summed E-state index contributed by atoms with van der Waals surface area (Å²) in [6, 6.07) is 4.43. The number of pyridine rings is 1. The zero-order valence-electron chi connectivity index (χ0n) is 9.46. The third kappa shape index (κ3) is 3.80. The number of sulfonamides is 1. The second-order valence-corrected chi connectivity index (χ2v) is 5.16. The first-order chi connectivity index (χ1) is 8.47. The lowest BCUT2D eigenvalue weighted by molar-refractivity contribution is -0.118. The molecule has 0 aromatic carbocycles. The van der Waals surface area contributed by atoms with Gasteiger partial charge in [0.1, 0.15) is 11.0 Å². The Kier molecular flexibility index (Phi) is 4.76. The molecular formula is C10H12N4O3S. The number of nitriles is 1. The van der Waals surface area contributed by atoms with Gasteiger partial charge in [0.15, 0.2) is 5.69 Å². The Morgan fingerprint density at radius 2 is 2.28 bits per heavy atom. The van der Waals surface area contributed by atoms with Gasteiger partial charge in [-0.2, -0.15) is 5.26 Å². The largest absolute Gasteiger partial charge is 0.370 e. The normalized spacial score (nSPS) is 10.8. The molecule has 0 radical (unpaired) electrons. The molecule has 0 fully saturated rings. The lowest BCUT2D eigenvalue weighted by Gasteiger charge is -2.06. The number of nitrogens with one attached hydrogen (secondary N) is 1. The van der Waals surface area contributed by atoms with E-state index in [1.54, 1.807) is 6.07 Å². The van der Waals surface area contributed by atoms with Crippen molar-refractivity contribution in [1.29, 1.82) is 5.26 Å². The number of amides is 1. The van der Waals surface area contributed by atoms with E-state index in [9.17, 15) is 13.2 Å². The van der Waals surface area contributed by atoms with Crippen molar-refractivity contribution in [2.24, 2.45) is 5.73 Å². The fourth-order valence-electron chi connectivity index (χ4n) is 1.24. The maximum absolute atomic E-state index is 11.8. The Bertz CT molecular complexity index is 577. The van der Waals surface area contributed by atoms with Crippen LogP contribution in [-0.2, 0) is 14.8 Å². The zero-order chi connectivity index (χ0) is 13.6. The van der Waals surface area contributed by atoms with Crippen molar-refractivity contribution in [3.05, 3.63) is 24.0 Å². The van der Waals surface area contributed by atoms with Gasteiger partial charge in [0.2, 0.25) is 15.9 Å². The maximum Gasteiger partial charge on any atom is 0.243 e. The molecule has 7 nitrogen and oxygen atoms in total. The zero-order valence-corrected chi connectivity index (χ0v) is 10.3. The summed E-state index contributed by atoms with van der Waals surface area (Å²) in [5.41, 5.74) is 4.76. The molecule has 0 saturated heterocycles. The van der Waals surface area contributed by atoms with Crippen LogP contribution in [0.2, 0.25) is 0 Å². The van der Waals surface area contributed by atoms with Crippen molar-refractivity contribution in [3.63, 3.8) is 0 Å².